The Morgan fingerprint density at radius 1 is 0.218 bits per heavy atom. The van der Waals surface area contributed by atoms with Crippen LogP contribution in [0.15, 0.2) is 224 Å². The van der Waals surface area contributed by atoms with Crippen LogP contribution in [-0.2, 0) is 0 Å². The molecule has 0 aliphatic rings. The molecule has 0 saturated heterocycles. The second-order valence-corrected chi connectivity index (χ2v) is 14.1. The third-order valence-corrected chi connectivity index (χ3v) is 10.9. The van der Waals surface area contributed by atoms with Gasteiger partial charge < -0.3 is 4.90 Å². The highest BCUT2D eigenvalue weighted by Gasteiger charge is 2.15. The number of hydrogen-bond donors (Lipinski definition) is 0. The summed E-state index contributed by atoms with van der Waals surface area (Å²) in [4.78, 5) is 2.35. The largest absolute Gasteiger partial charge is 0.311 e. The topological polar surface area (TPSA) is 3.24 Å². The molecular formula is C54H37N. The maximum atomic E-state index is 2.35. The highest BCUT2D eigenvalue weighted by atomic mass is 15.1. The van der Waals surface area contributed by atoms with Crippen LogP contribution in [-0.4, -0.2) is 0 Å². The van der Waals surface area contributed by atoms with Gasteiger partial charge in [-0.2, -0.15) is 0 Å². The molecule has 1 heteroatoms. The SMILES string of the molecule is c1ccc(-c2ccc(N(c3ccc(-c4ccc5ccc6ccccc6c5c4)cc3)c3ccc(-c4ccc(-c5ccccc5)c5ccccc45)cc3)cc2)cc1. The molecule has 1 nitrogen and oxygen atoms in total. The van der Waals surface area contributed by atoms with Gasteiger partial charge in [0, 0.05) is 17.1 Å². The summed E-state index contributed by atoms with van der Waals surface area (Å²) in [6, 6.07) is 81.3. The van der Waals surface area contributed by atoms with E-state index in [0.29, 0.717) is 0 Å². The Kier molecular flexibility index (Phi) is 8.24. The van der Waals surface area contributed by atoms with Crippen molar-refractivity contribution in [1.82, 2.24) is 0 Å². The molecule has 0 spiro atoms. The number of anilines is 3. The average Bonchev–Trinajstić information content (AvgIpc) is 3.27. The fourth-order valence-electron chi connectivity index (χ4n) is 8.08. The summed E-state index contributed by atoms with van der Waals surface area (Å²) in [7, 11) is 0. The highest BCUT2D eigenvalue weighted by Crippen LogP contribution is 2.40. The number of hydrogen-bond acceptors (Lipinski definition) is 1. The van der Waals surface area contributed by atoms with Crippen molar-refractivity contribution in [3.05, 3.63) is 224 Å². The minimum Gasteiger partial charge on any atom is -0.311 e. The van der Waals surface area contributed by atoms with E-state index in [4.69, 9.17) is 0 Å². The highest BCUT2D eigenvalue weighted by molar-refractivity contribution is 6.09. The first-order valence-electron chi connectivity index (χ1n) is 18.9. The van der Waals surface area contributed by atoms with Crippen molar-refractivity contribution in [1.29, 1.82) is 0 Å². The van der Waals surface area contributed by atoms with Crippen LogP contribution in [0.1, 0.15) is 0 Å². The van der Waals surface area contributed by atoms with Crippen LogP contribution >= 0.6 is 0 Å². The van der Waals surface area contributed by atoms with Crippen molar-refractivity contribution in [2.45, 2.75) is 0 Å². The standard InChI is InChI=1S/C54H37N/c1-3-11-38(12-4-1)39-23-29-46(30-24-39)55(47-31-25-40(26-32-47)45-22-21-44-20-19-42-15-7-8-16-49(42)54(44)37-45)48-33-27-43(28-34-48)51-36-35-50(41-13-5-2-6-14-41)52-17-9-10-18-53(51)52/h1-37H. The first-order chi connectivity index (χ1) is 27.3. The minimum atomic E-state index is 1.10. The van der Waals surface area contributed by atoms with Crippen molar-refractivity contribution in [2.24, 2.45) is 0 Å². The Morgan fingerprint density at radius 2 is 0.582 bits per heavy atom. The van der Waals surface area contributed by atoms with Crippen LogP contribution in [0, 0.1) is 0 Å². The quantitative estimate of drug-likeness (QED) is 0.150. The van der Waals surface area contributed by atoms with E-state index in [2.05, 4.69) is 229 Å². The fourth-order valence-corrected chi connectivity index (χ4v) is 8.08. The lowest BCUT2D eigenvalue weighted by Gasteiger charge is -2.26. The molecule has 0 bridgehead atoms. The average molecular weight is 700 g/mol. The minimum absolute atomic E-state index is 1.10. The number of nitrogens with zero attached hydrogens (tertiary/aromatic N) is 1. The lowest BCUT2D eigenvalue weighted by atomic mass is 9.92. The second-order valence-electron chi connectivity index (χ2n) is 14.1. The predicted octanol–water partition coefficient (Wildman–Crippen LogP) is 15.3. The first-order valence-corrected chi connectivity index (χ1v) is 18.9. The van der Waals surface area contributed by atoms with Crippen molar-refractivity contribution < 1.29 is 0 Å². The summed E-state index contributed by atoms with van der Waals surface area (Å²) >= 11 is 0. The van der Waals surface area contributed by atoms with E-state index in [1.165, 1.54) is 76.8 Å². The van der Waals surface area contributed by atoms with Crippen molar-refractivity contribution in [2.75, 3.05) is 4.90 Å². The smallest absolute Gasteiger partial charge is 0.0462 e. The number of fused-ring (bicyclic) bond motifs is 4. The summed E-state index contributed by atoms with van der Waals surface area (Å²) in [5, 5.41) is 7.60. The zero-order valence-corrected chi connectivity index (χ0v) is 30.3. The van der Waals surface area contributed by atoms with Gasteiger partial charge in [-0.1, -0.05) is 182 Å². The van der Waals surface area contributed by atoms with Gasteiger partial charge in [0.25, 0.3) is 0 Å². The van der Waals surface area contributed by atoms with Crippen molar-refractivity contribution in [3.8, 4) is 44.5 Å². The Labute approximate surface area is 322 Å². The molecule has 0 aliphatic heterocycles. The van der Waals surface area contributed by atoms with Gasteiger partial charge in [0.2, 0.25) is 0 Å². The molecule has 0 aliphatic carbocycles. The Balaban J connectivity index is 1.03. The number of benzene rings is 10. The Morgan fingerprint density at radius 3 is 1.15 bits per heavy atom. The lowest BCUT2D eigenvalue weighted by molar-refractivity contribution is 1.28. The molecular weight excluding hydrogens is 663 g/mol. The normalized spacial score (nSPS) is 11.3. The van der Waals surface area contributed by atoms with Crippen LogP contribution in [0.4, 0.5) is 17.1 Å². The first kappa shape index (κ1) is 32.4. The van der Waals surface area contributed by atoms with Crippen LogP contribution in [0.3, 0.4) is 0 Å². The molecule has 55 heavy (non-hydrogen) atoms. The van der Waals surface area contributed by atoms with Gasteiger partial charge in [-0.05, 0) is 119 Å². The van der Waals surface area contributed by atoms with Gasteiger partial charge in [0.15, 0.2) is 0 Å². The molecule has 0 N–H and O–H groups in total. The summed E-state index contributed by atoms with van der Waals surface area (Å²) < 4.78 is 0. The summed E-state index contributed by atoms with van der Waals surface area (Å²) in [6.45, 7) is 0. The van der Waals surface area contributed by atoms with E-state index in [-0.39, 0.29) is 0 Å². The molecule has 0 atom stereocenters. The summed E-state index contributed by atoms with van der Waals surface area (Å²) in [5.74, 6) is 0. The molecule has 10 rings (SSSR count). The molecule has 0 fully saturated rings. The van der Waals surface area contributed by atoms with Crippen LogP contribution in [0.5, 0.6) is 0 Å². The predicted molar refractivity (Wildman–Crippen MR) is 235 cm³/mol. The molecule has 0 aromatic heterocycles. The Hall–Kier alpha value is -7.22. The van der Waals surface area contributed by atoms with Gasteiger partial charge in [0.1, 0.15) is 0 Å². The zero-order chi connectivity index (χ0) is 36.6. The molecule has 0 heterocycles. The summed E-state index contributed by atoms with van der Waals surface area (Å²) in [6.07, 6.45) is 0. The summed E-state index contributed by atoms with van der Waals surface area (Å²) in [5.41, 5.74) is 13.0. The van der Waals surface area contributed by atoms with Crippen molar-refractivity contribution >= 4 is 49.4 Å². The maximum absolute atomic E-state index is 2.35. The van der Waals surface area contributed by atoms with E-state index in [1.807, 2.05) is 0 Å². The van der Waals surface area contributed by atoms with E-state index < -0.39 is 0 Å². The van der Waals surface area contributed by atoms with Gasteiger partial charge in [-0.25, -0.2) is 0 Å². The molecule has 0 amide bonds. The Bertz CT molecular complexity index is 2930. The third kappa shape index (κ3) is 6.12. The van der Waals surface area contributed by atoms with Crippen LogP contribution < -0.4 is 4.90 Å². The van der Waals surface area contributed by atoms with Gasteiger partial charge in [0.05, 0.1) is 0 Å². The molecule has 0 unspecified atom stereocenters. The van der Waals surface area contributed by atoms with Gasteiger partial charge >= 0.3 is 0 Å². The van der Waals surface area contributed by atoms with E-state index in [0.717, 1.165) is 17.1 Å². The zero-order valence-electron chi connectivity index (χ0n) is 30.3. The van der Waals surface area contributed by atoms with Gasteiger partial charge in [-0.15, -0.1) is 0 Å². The van der Waals surface area contributed by atoms with E-state index in [1.54, 1.807) is 0 Å². The molecule has 258 valence electrons. The molecule has 0 radical (unpaired) electrons. The van der Waals surface area contributed by atoms with Crippen LogP contribution in [0.25, 0.3) is 76.8 Å². The lowest BCUT2D eigenvalue weighted by Crippen LogP contribution is -2.09. The van der Waals surface area contributed by atoms with E-state index >= 15 is 0 Å². The second kappa shape index (κ2) is 14.0. The molecule has 10 aromatic carbocycles. The van der Waals surface area contributed by atoms with Crippen LogP contribution in [0.2, 0.25) is 0 Å². The molecule has 0 saturated carbocycles. The fraction of sp³-hybridized carbons (Fsp3) is 0. The van der Waals surface area contributed by atoms with E-state index in [9.17, 15) is 0 Å². The maximum Gasteiger partial charge on any atom is 0.0462 e. The third-order valence-electron chi connectivity index (χ3n) is 10.9. The molecule has 10 aromatic rings. The monoisotopic (exact) mass is 699 g/mol. The van der Waals surface area contributed by atoms with Crippen molar-refractivity contribution in [3.63, 3.8) is 0 Å². The number of rotatable bonds is 7. The van der Waals surface area contributed by atoms with Gasteiger partial charge in [-0.3, -0.25) is 0 Å².